The van der Waals surface area contributed by atoms with E-state index >= 15 is 0 Å². The molecule has 6 nitrogen and oxygen atoms in total. The molecule has 154 valence electrons. The first-order chi connectivity index (χ1) is 12.2. The van der Waals surface area contributed by atoms with Crippen molar-refractivity contribution in [2.24, 2.45) is 0 Å². The second-order valence-corrected chi connectivity index (χ2v) is 9.99. The maximum atomic E-state index is 12.7. The lowest BCUT2D eigenvalue weighted by Crippen LogP contribution is -2.20. The molecule has 0 amide bonds. The molecule has 0 fully saturated rings. The Morgan fingerprint density at radius 2 is 1.93 bits per heavy atom. The predicted molar refractivity (Wildman–Crippen MR) is 94.8 cm³/mol. The van der Waals surface area contributed by atoms with E-state index in [9.17, 15) is 26.2 Å². The van der Waals surface area contributed by atoms with E-state index in [1.165, 1.54) is 6.07 Å². The molecule has 0 aliphatic heterocycles. The Balaban J connectivity index is 2.56. The highest BCUT2D eigenvalue weighted by Crippen LogP contribution is 2.46. The van der Waals surface area contributed by atoms with Crippen molar-refractivity contribution in [3.8, 4) is 0 Å². The molecule has 0 radical (unpaired) electrons. The van der Waals surface area contributed by atoms with Gasteiger partial charge in [0.1, 0.15) is 0 Å². The number of hydrogen-bond acceptors (Lipinski definition) is 3. The molecule has 0 aliphatic carbocycles. The summed E-state index contributed by atoms with van der Waals surface area (Å²) >= 11 is 0. The lowest BCUT2D eigenvalue weighted by molar-refractivity contribution is -0.137. The topological polar surface area (TPSA) is 112 Å². The van der Waals surface area contributed by atoms with Crippen molar-refractivity contribution >= 4 is 17.7 Å². The number of aryl methyl sites for hydroxylation is 1. The van der Waals surface area contributed by atoms with Crippen LogP contribution in [0.4, 0.5) is 13.2 Å². The summed E-state index contributed by atoms with van der Waals surface area (Å²) in [5, 5.41) is 0. The van der Waals surface area contributed by atoms with Gasteiger partial charge in [-0.05, 0) is 50.7 Å². The highest BCUT2D eigenvalue weighted by atomic mass is 32.2. The fourth-order valence-electron chi connectivity index (χ4n) is 2.48. The molecule has 1 aromatic rings. The minimum absolute atomic E-state index is 0.121. The van der Waals surface area contributed by atoms with Gasteiger partial charge in [0.2, 0.25) is 0 Å². The molecule has 0 bridgehead atoms. The number of allylic oxidation sites excluding steroid dienone is 2. The molecule has 1 unspecified atom stereocenters. The van der Waals surface area contributed by atoms with Crippen molar-refractivity contribution in [2.45, 2.75) is 50.2 Å². The van der Waals surface area contributed by atoms with Crippen LogP contribution in [0.2, 0.25) is 0 Å². The van der Waals surface area contributed by atoms with Crippen LogP contribution in [0.5, 0.6) is 0 Å². The van der Waals surface area contributed by atoms with Crippen molar-refractivity contribution in [1.82, 2.24) is 0 Å². The third-order valence-corrected chi connectivity index (χ3v) is 7.48. The van der Waals surface area contributed by atoms with Gasteiger partial charge in [0.25, 0.3) is 10.1 Å². The third-order valence-electron chi connectivity index (χ3n) is 3.93. The lowest BCUT2D eigenvalue weighted by Gasteiger charge is -2.14. The van der Waals surface area contributed by atoms with Gasteiger partial charge in [-0.15, -0.1) is 0 Å². The second kappa shape index (κ2) is 9.34. The third kappa shape index (κ3) is 8.57. The zero-order valence-electron chi connectivity index (χ0n) is 14.6. The predicted octanol–water partition coefficient (Wildman–Crippen LogP) is 4.15. The lowest BCUT2D eigenvalue weighted by atomic mass is 10.0. The van der Waals surface area contributed by atoms with E-state index < -0.39 is 40.9 Å². The molecular weight excluding hydrogens is 408 g/mol. The minimum atomic E-state index is -4.98. The van der Waals surface area contributed by atoms with Crippen LogP contribution in [-0.2, 0) is 27.3 Å². The molecule has 27 heavy (non-hydrogen) atoms. The summed E-state index contributed by atoms with van der Waals surface area (Å²) in [6.45, 7) is 1.76. The van der Waals surface area contributed by atoms with E-state index in [-0.39, 0.29) is 6.42 Å². The number of hydrogen-bond donors (Lipinski definition) is 3. The fourth-order valence-corrected chi connectivity index (χ4v) is 4.85. The average Bonchev–Trinajstić information content (AvgIpc) is 2.49. The van der Waals surface area contributed by atoms with E-state index in [0.29, 0.717) is 24.8 Å². The molecule has 0 heterocycles. The van der Waals surface area contributed by atoms with Crippen LogP contribution in [0.3, 0.4) is 0 Å². The first kappa shape index (κ1) is 23.8. The summed E-state index contributed by atoms with van der Waals surface area (Å²) in [7, 11) is -9.84. The molecule has 0 saturated carbocycles. The Morgan fingerprint density at radius 1 is 1.30 bits per heavy atom. The molecule has 0 aliphatic rings. The van der Waals surface area contributed by atoms with Gasteiger partial charge >= 0.3 is 13.8 Å². The van der Waals surface area contributed by atoms with Crippen molar-refractivity contribution in [1.29, 1.82) is 0 Å². The second-order valence-electron chi connectivity index (χ2n) is 6.24. The van der Waals surface area contributed by atoms with E-state index in [0.717, 1.165) is 17.7 Å². The molecule has 1 atom stereocenters. The van der Waals surface area contributed by atoms with Gasteiger partial charge in [0, 0.05) is 0 Å². The van der Waals surface area contributed by atoms with E-state index in [2.05, 4.69) is 0 Å². The molecule has 3 N–H and O–H groups in total. The number of benzene rings is 1. The van der Waals surface area contributed by atoms with Crippen molar-refractivity contribution < 1.29 is 40.5 Å². The zero-order valence-corrected chi connectivity index (χ0v) is 16.3. The molecular formula is C16H22F3O6PS. The first-order valence-corrected chi connectivity index (χ1v) is 11.2. The smallest absolute Gasteiger partial charge is 0.323 e. The van der Waals surface area contributed by atoms with Crippen LogP contribution >= 0.6 is 7.60 Å². The normalized spacial score (nSPS) is 15.0. The fraction of sp³-hybridized carbons (Fsp3) is 0.500. The van der Waals surface area contributed by atoms with Gasteiger partial charge in [0.05, 0.1) is 5.56 Å². The maximum absolute atomic E-state index is 12.7. The summed E-state index contributed by atoms with van der Waals surface area (Å²) in [6.07, 6.45) is -1.75. The van der Waals surface area contributed by atoms with Crippen LogP contribution in [0.15, 0.2) is 35.9 Å². The van der Waals surface area contributed by atoms with Gasteiger partial charge < -0.3 is 9.79 Å². The number of rotatable bonds is 9. The standard InChI is InChI=1S/C16H22F3O6PS/c1-12(5-2-3-8-15(26(20,21)22)27(23,24)25)9-10-13-6-4-7-14(11-13)16(17,18)19/h4-7,11,15H,2-3,8-10H2,1H3,(H2,20,21,22)(H,23,24,25)/b12-5+. The van der Waals surface area contributed by atoms with E-state index in [1.807, 2.05) is 0 Å². The Hall–Kier alpha value is -1.19. The quantitative estimate of drug-likeness (QED) is 0.235. The Morgan fingerprint density at radius 3 is 2.44 bits per heavy atom. The van der Waals surface area contributed by atoms with Crippen molar-refractivity contribution in [3.05, 3.63) is 47.0 Å². The molecule has 1 aromatic carbocycles. The summed E-state index contributed by atoms with van der Waals surface area (Å²) in [5.74, 6) is 0. The molecule has 11 heteroatoms. The van der Waals surface area contributed by atoms with Crippen molar-refractivity contribution in [3.63, 3.8) is 0 Å². The Labute approximate surface area is 156 Å². The monoisotopic (exact) mass is 430 g/mol. The highest BCUT2D eigenvalue weighted by Gasteiger charge is 2.38. The number of alkyl halides is 3. The van der Waals surface area contributed by atoms with Gasteiger partial charge in [-0.25, -0.2) is 0 Å². The molecule has 0 aromatic heterocycles. The van der Waals surface area contributed by atoms with Crippen LogP contribution < -0.4 is 0 Å². The molecule has 0 spiro atoms. The minimum Gasteiger partial charge on any atom is -0.323 e. The van der Waals surface area contributed by atoms with E-state index in [4.69, 9.17) is 14.3 Å². The SMILES string of the molecule is C/C(=C\CCCC(P(=O)(O)O)S(=O)(=O)O)CCc1cccc(C(F)(F)F)c1. The van der Waals surface area contributed by atoms with Gasteiger partial charge in [-0.1, -0.05) is 29.8 Å². The largest absolute Gasteiger partial charge is 0.416 e. The van der Waals surface area contributed by atoms with Gasteiger partial charge in [-0.3, -0.25) is 9.12 Å². The Kier molecular flexibility index (Phi) is 8.25. The maximum Gasteiger partial charge on any atom is 0.416 e. The van der Waals surface area contributed by atoms with Crippen molar-refractivity contribution in [2.75, 3.05) is 0 Å². The average molecular weight is 430 g/mol. The Bertz CT molecular complexity index is 814. The van der Waals surface area contributed by atoms with Crippen LogP contribution in [0.25, 0.3) is 0 Å². The zero-order chi connectivity index (χ0) is 20.9. The number of halogens is 3. The first-order valence-electron chi connectivity index (χ1n) is 8.04. The summed E-state index contributed by atoms with van der Waals surface area (Å²) < 4.78 is 80.1. The van der Waals surface area contributed by atoms with Crippen LogP contribution in [0.1, 0.15) is 43.7 Å². The highest BCUT2D eigenvalue weighted by molar-refractivity contribution is 7.93. The van der Waals surface area contributed by atoms with Crippen LogP contribution in [-0.4, -0.2) is 27.7 Å². The van der Waals surface area contributed by atoms with Gasteiger partial charge in [-0.2, -0.15) is 21.6 Å². The summed E-state index contributed by atoms with van der Waals surface area (Å²) in [4.78, 5) is 15.8. The summed E-state index contributed by atoms with van der Waals surface area (Å²) in [6, 6.07) is 5.02. The molecule has 0 saturated heterocycles. The summed E-state index contributed by atoms with van der Waals surface area (Å²) in [5.41, 5.74) is 0.674. The van der Waals surface area contributed by atoms with Gasteiger partial charge in [0.15, 0.2) is 4.99 Å². The number of unbranched alkanes of at least 4 members (excludes halogenated alkanes) is 1. The van der Waals surface area contributed by atoms with E-state index in [1.54, 1.807) is 19.1 Å². The van der Waals surface area contributed by atoms with Crippen LogP contribution in [0, 0.1) is 0 Å². The molecule has 1 rings (SSSR count).